The Morgan fingerprint density at radius 3 is 2.43 bits per heavy atom. The van der Waals surface area contributed by atoms with Crippen LogP contribution in [0.2, 0.25) is 0 Å². The molecule has 0 amide bonds. The quantitative estimate of drug-likeness (QED) is 0.780. The second-order valence-corrected chi connectivity index (χ2v) is 4.75. The van der Waals surface area contributed by atoms with Crippen LogP contribution >= 0.6 is 0 Å². The highest BCUT2D eigenvalue weighted by molar-refractivity contribution is 5.62. The third kappa shape index (κ3) is 3.55. The van der Waals surface area contributed by atoms with Crippen LogP contribution in [-0.4, -0.2) is 29.4 Å². The summed E-state index contributed by atoms with van der Waals surface area (Å²) in [6, 6.07) is 15.1. The summed E-state index contributed by atoms with van der Waals surface area (Å²) in [6.45, 7) is 0. The van der Waals surface area contributed by atoms with E-state index in [0.717, 1.165) is 28.4 Å². The molecule has 0 fully saturated rings. The van der Waals surface area contributed by atoms with E-state index < -0.39 is 0 Å². The van der Waals surface area contributed by atoms with E-state index in [1.165, 1.54) is 0 Å². The monoisotopic (exact) mass is 308 g/mol. The number of nitrogens with zero attached hydrogens (tertiary/aromatic N) is 3. The van der Waals surface area contributed by atoms with E-state index in [-0.39, 0.29) is 0 Å². The molecule has 1 N–H and O–H groups in total. The van der Waals surface area contributed by atoms with Crippen molar-refractivity contribution in [3.8, 4) is 22.8 Å². The normalized spacial score (nSPS) is 10.2. The minimum atomic E-state index is 0.426. The first kappa shape index (κ1) is 14.8. The summed E-state index contributed by atoms with van der Waals surface area (Å²) in [5.41, 5.74) is 2.49. The first-order valence-corrected chi connectivity index (χ1v) is 7.04. The number of nitrogens with one attached hydrogen (secondary N) is 1. The topological polar surface area (TPSA) is 69.2 Å². The Morgan fingerprint density at radius 1 is 0.913 bits per heavy atom. The van der Waals surface area contributed by atoms with Gasteiger partial charge in [0.05, 0.1) is 26.1 Å². The smallest absolute Gasteiger partial charge is 0.247 e. The molecule has 2 aromatic carbocycles. The van der Waals surface area contributed by atoms with E-state index in [0.29, 0.717) is 5.95 Å². The maximum atomic E-state index is 5.23. The van der Waals surface area contributed by atoms with Gasteiger partial charge >= 0.3 is 0 Å². The summed E-state index contributed by atoms with van der Waals surface area (Å²) >= 11 is 0. The van der Waals surface area contributed by atoms with E-state index in [1.807, 2.05) is 48.5 Å². The van der Waals surface area contributed by atoms with Gasteiger partial charge in [0.1, 0.15) is 11.5 Å². The fraction of sp³-hybridized carbons (Fsp3) is 0.118. The average Bonchev–Trinajstić information content (AvgIpc) is 2.63. The number of rotatable bonds is 5. The second kappa shape index (κ2) is 6.74. The summed E-state index contributed by atoms with van der Waals surface area (Å²) in [5, 5.41) is 11.1. The van der Waals surface area contributed by atoms with E-state index in [1.54, 1.807) is 20.4 Å². The Balaban J connectivity index is 1.84. The van der Waals surface area contributed by atoms with Gasteiger partial charge in [-0.3, -0.25) is 0 Å². The highest BCUT2D eigenvalue weighted by Crippen LogP contribution is 2.23. The first-order valence-electron chi connectivity index (χ1n) is 7.04. The Bertz CT molecular complexity index is 791. The van der Waals surface area contributed by atoms with Crippen LogP contribution in [0.3, 0.4) is 0 Å². The molecule has 0 aliphatic carbocycles. The van der Waals surface area contributed by atoms with Gasteiger partial charge in [-0.1, -0.05) is 12.1 Å². The van der Waals surface area contributed by atoms with Gasteiger partial charge in [0.25, 0.3) is 0 Å². The number of ether oxygens (including phenoxy) is 2. The fourth-order valence-electron chi connectivity index (χ4n) is 2.08. The van der Waals surface area contributed by atoms with Gasteiger partial charge < -0.3 is 14.8 Å². The summed E-state index contributed by atoms with van der Waals surface area (Å²) in [4.78, 5) is 4.48. The van der Waals surface area contributed by atoms with Crippen LogP contribution in [0, 0.1) is 0 Å². The van der Waals surface area contributed by atoms with Gasteiger partial charge in [-0.15, -0.1) is 5.10 Å². The van der Waals surface area contributed by atoms with Gasteiger partial charge in [-0.25, -0.2) is 4.98 Å². The molecule has 1 aromatic heterocycles. The summed E-state index contributed by atoms with van der Waals surface area (Å²) in [5.74, 6) is 1.99. The van der Waals surface area contributed by atoms with Crippen LogP contribution in [0.1, 0.15) is 0 Å². The predicted molar refractivity (Wildman–Crippen MR) is 88.1 cm³/mol. The molecule has 116 valence electrons. The van der Waals surface area contributed by atoms with Crippen molar-refractivity contribution in [1.29, 1.82) is 0 Å². The molecule has 0 bridgehead atoms. The standard InChI is InChI=1S/C17H16N4O2/c1-22-14-8-6-13(7-9-14)19-17-20-16(11-18-21-17)12-4-3-5-15(10-12)23-2/h3-11H,1-2H3,(H,19,20,21). The maximum absolute atomic E-state index is 5.23. The van der Waals surface area contributed by atoms with Crippen molar-refractivity contribution in [2.45, 2.75) is 0 Å². The lowest BCUT2D eigenvalue weighted by molar-refractivity contribution is 0.415. The van der Waals surface area contributed by atoms with E-state index in [4.69, 9.17) is 9.47 Å². The average molecular weight is 308 g/mol. The molecule has 0 saturated carbocycles. The number of benzene rings is 2. The predicted octanol–water partition coefficient (Wildman–Crippen LogP) is 3.30. The summed E-state index contributed by atoms with van der Waals surface area (Å²) < 4.78 is 10.4. The Kier molecular flexibility index (Phi) is 4.33. The molecular formula is C17H16N4O2. The van der Waals surface area contributed by atoms with Crippen LogP contribution in [-0.2, 0) is 0 Å². The minimum absolute atomic E-state index is 0.426. The molecule has 0 aliphatic heterocycles. The molecule has 0 radical (unpaired) electrons. The zero-order valence-corrected chi connectivity index (χ0v) is 12.9. The maximum Gasteiger partial charge on any atom is 0.247 e. The SMILES string of the molecule is COc1ccc(Nc2nncc(-c3cccc(OC)c3)n2)cc1. The van der Waals surface area contributed by atoms with Crippen molar-refractivity contribution < 1.29 is 9.47 Å². The molecule has 0 spiro atoms. The lowest BCUT2D eigenvalue weighted by Gasteiger charge is -2.07. The molecule has 0 atom stereocenters. The Morgan fingerprint density at radius 2 is 1.70 bits per heavy atom. The van der Waals surface area contributed by atoms with Crippen molar-refractivity contribution in [3.63, 3.8) is 0 Å². The molecule has 1 heterocycles. The molecular weight excluding hydrogens is 292 g/mol. The molecule has 0 unspecified atom stereocenters. The van der Waals surface area contributed by atoms with Crippen molar-refractivity contribution in [2.24, 2.45) is 0 Å². The molecule has 3 rings (SSSR count). The van der Waals surface area contributed by atoms with Gasteiger partial charge in [0.2, 0.25) is 5.95 Å². The van der Waals surface area contributed by atoms with Crippen molar-refractivity contribution in [2.75, 3.05) is 19.5 Å². The number of anilines is 2. The van der Waals surface area contributed by atoms with Gasteiger partial charge in [0.15, 0.2) is 0 Å². The van der Waals surface area contributed by atoms with Gasteiger partial charge in [0, 0.05) is 11.3 Å². The first-order chi connectivity index (χ1) is 11.3. The van der Waals surface area contributed by atoms with Crippen LogP contribution < -0.4 is 14.8 Å². The number of hydrogen-bond donors (Lipinski definition) is 1. The summed E-state index contributed by atoms with van der Waals surface area (Å²) in [7, 11) is 3.26. The number of methoxy groups -OCH3 is 2. The summed E-state index contributed by atoms with van der Waals surface area (Å²) in [6.07, 6.45) is 1.62. The third-order valence-corrected chi connectivity index (χ3v) is 3.27. The van der Waals surface area contributed by atoms with Crippen LogP contribution in [0.4, 0.5) is 11.6 Å². The lowest BCUT2D eigenvalue weighted by atomic mass is 10.1. The van der Waals surface area contributed by atoms with Crippen LogP contribution in [0.5, 0.6) is 11.5 Å². The minimum Gasteiger partial charge on any atom is -0.497 e. The van der Waals surface area contributed by atoms with Crippen molar-refractivity contribution in [1.82, 2.24) is 15.2 Å². The van der Waals surface area contributed by atoms with E-state index >= 15 is 0 Å². The van der Waals surface area contributed by atoms with Crippen molar-refractivity contribution in [3.05, 3.63) is 54.7 Å². The molecule has 6 nitrogen and oxygen atoms in total. The third-order valence-electron chi connectivity index (χ3n) is 3.27. The van der Waals surface area contributed by atoms with Gasteiger partial charge in [-0.05, 0) is 36.4 Å². The van der Waals surface area contributed by atoms with E-state index in [2.05, 4.69) is 20.5 Å². The molecule has 0 aliphatic rings. The highest BCUT2D eigenvalue weighted by atomic mass is 16.5. The largest absolute Gasteiger partial charge is 0.497 e. The van der Waals surface area contributed by atoms with Crippen LogP contribution in [0.25, 0.3) is 11.3 Å². The van der Waals surface area contributed by atoms with Crippen molar-refractivity contribution >= 4 is 11.6 Å². The second-order valence-electron chi connectivity index (χ2n) is 4.75. The van der Waals surface area contributed by atoms with E-state index in [9.17, 15) is 0 Å². The zero-order chi connectivity index (χ0) is 16.1. The highest BCUT2D eigenvalue weighted by Gasteiger charge is 2.05. The number of aromatic nitrogens is 3. The lowest BCUT2D eigenvalue weighted by Crippen LogP contribution is -2.00. The van der Waals surface area contributed by atoms with Gasteiger partial charge in [-0.2, -0.15) is 5.10 Å². The fourth-order valence-corrected chi connectivity index (χ4v) is 2.08. The number of hydrogen-bond acceptors (Lipinski definition) is 6. The molecule has 6 heteroatoms. The Labute approximate surface area is 134 Å². The zero-order valence-electron chi connectivity index (χ0n) is 12.9. The molecule has 0 saturated heterocycles. The molecule has 3 aromatic rings. The molecule has 23 heavy (non-hydrogen) atoms. The van der Waals surface area contributed by atoms with Crippen LogP contribution in [0.15, 0.2) is 54.7 Å². The Hall–Kier alpha value is -3.15.